The normalized spacial score (nSPS) is 14.8. The highest BCUT2D eigenvalue weighted by molar-refractivity contribution is 9.10. The highest BCUT2D eigenvalue weighted by Gasteiger charge is 2.24. The van der Waals surface area contributed by atoms with Gasteiger partial charge in [-0.3, -0.25) is 0 Å². The fourth-order valence-electron chi connectivity index (χ4n) is 4.57. The third-order valence-corrected chi connectivity index (χ3v) is 8.53. The third kappa shape index (κ3) is 5.70. The van der Waals surface area contributed by atoms with Gasteiger partial charge in [0.2, 0.25) is 0 Å². The van der Waals surface area contributed by atoms with Gasteiger partial charge in [0.15, 0.2) is 0 Å². The van der Waals surface area contributed by atoms with E-state index in [1.54, 1.807) is 18.2 Å². The number of aliphatic hydroxyl groups is 1. The molecule has 0 radical (unpaired) electrons. The number of hydrogen-bond donors (Lipinski definition) is 1. The lowest BCUT2D eigenvalue weighted by molar-refractivity contribution is 0.233. The molecule has 0 saturated carbocycles. The molecule has 0 unspecified atom stereocenters. The number of halogens is 1. The van der Waals surface area contributed by atoms with Crippen LogP contribution in [0.5, 0.6) is 5.75 Å². The Hall–Kier alpha value is -2.99. The van der Waals surface area contributed by atoms with Crippen LogP contribution in [0.15, 0.2) is 65.4 Å². The average Bonchev–Trinajstić information content (AvgIpc) is 3.29. The van der Waals surface area contributed by atoms with E-state index in [1.165, 1.54) is 6.20 Å². The van der Waals surface area contributed by atoms with Crippen LogP contribution in [0.4, 0.5) is 5.69 Å². The van der Waals surface area contributed by atoms with Gasteiger partial charge in [-0.05, 0) is 46.7 Å². The molecule has 1 N–H and O–H groups in total. The van der Waals surface area contributed by atoms with Crippen molar-refractivity contribution in [2.75, 3.05) is 51.3 Å². The summed E-state index contributed by atoms with van der Waals surface area (Å²) in [5.74, 6) is 0.501. The molecule has 2 aromatic heterocycles. The molecule has 2 aromatic carbocycles. The number of pyridine rings is 1. The van der Waals surface area contributed by atoms with Crippen LogP contribution in [0.1, 0.15) is 12.0 Å². The van der Waals surface area contributed by atoms with Gasteiger partial charge in [-0.15, -0.1) is 0 Å². The fourth-order valence-corrected chi connectivity index (χ4v) is 6.29. The van der Waals surface area contributed by atoms with Crippen LogP contribution in [0, 0.1) is 0 Å². The molecule has 5 rings (SSSR count). The summed E-state index contributed by atoms with van der Waals surface area (Å²) in [6.07, 6.45) is 2.04. The smallest absolute Gasteiger partial charge is 0.258 e. The van der Waals surface area contributed by atoms with Crippen molar-refractivity contribution in [1.82, 2.24) is 19.1 Å². The number of anilines is 1. The minimum Gasteiger partial charge on any atom is -0.491 e. The number of fused-ring (bicyclic) bond motifs is 1. The van der Waals surface area contributed by atoms with Crippen molar-refractivity contribution in [2.45, 2.75) is 12.2 Å². The summed E-state index contributed by atoms with van der Waals surface area (Å²) in [6.45, 7) is 4.07. The first-order valence-electron chi connectivity index (χ1n) is 12.5. The zero-order valence-electron chi connectivity index (χ0n) is 21.1. The molecule has 11 heteroatoms. The Morgan fingerprint density at radius 2 is 1.82 bits per heavy atom. The van der Waals surface area contributed by atoms with E-state index in [-0.39, 0.29) is 12.4 Å². The summed E-state index contributed by atoms with van der Waals surface area (Å²) >= 11 is 3.42. The Labute approximate surface area is 230 Å². The third-order valence-electron chi connectivity index (χ3n) is 6.59. The van der Waals surface area contributed by atoms with E-state index in [4.69, 9.17) is 4.74 Å². The van der Waals surface area contributed by atoms with Crippen molar-refractivity contribution < 1.29 is 18.3 Å². The van der Waals surface area contributed by atoms with Gasteiger partial charge in [-0.25, -0.2) is 13.4 Å². The predicted octanol–water partition coefficient (Wildman–Crippen LogP) is 3.75. The molecule has 0 spiro atoms. The van der Waals surface area contributed by atoms with Gasteiger partial charge < -0.3 is 19.6 Å². The lowest BCUT2D eigenvalue weighted by Gasteiger charge is -2.35. The molecule has 4 aromatic rings. The van der Waals surface area contributed by atoms with E-state index >= 15 is 0 Å². The largest absolute Gasteiger partial charge is 0.491 e. The molecule has 200 valence electrons. The van der Waals surface area contributed by atoms with Crippen LogP contribution in [-0.4, -0.2) is 79.0 Å². The van der Waals surface area contributed by atoms with Crippen LogP contribution in [0.2, 0.25) is 0 Å². The predicted molar refractivity (Wildman–Crippen MR) is 152 cm³/mol. The lowest BCUT2D eigenvalue weighted by atomic mass is 10.1. The number of aliphatic hydroxyl groups excluding tert-OH is 1. The molecule has 0 atom stereocenters. The molecule has 1 aliphatic heterocycles. The minimum atomic E-state index is -3.82. The quantitative estimate of drug-likeness (QED) is 0.229. The first kappa shape index (κ1) is 26.6. The van der Waals surface area contributed by atoms with Gasteiger partial charge in [-0.1, -0.05) is 36.4 Å². The van der Waals surface area contributed by atoms with E-state index in [9.17, 15) is 13.5 Å². The second-order valence-corrected chi connectivity index (χ2v) is 12.0. The van der Waals surface area contributed by atoms with E-state index in [2.05, 4.69) is 42.9 Å². The number of likely N-dealkylation sites (N-methyl/N-ethyl adjacent to an activating group) is 1. The molecule has 0 aliphatic carbocycles. The maximum atomic E-state index is 13.5. The van der Waals surface area contributed by atoms with Crippen molar-refractivity contribution in [3.05, 3.63) is 71.0 Å². The van der Waals surface area contributed by atoms with Gasteiger partial charge in [-0.2, -0.15) is 9.19 Å². The van der Waals surface area contributed by atoms with Crippen molar-refractivity contribution in [1.29, 1.82) is 0 Å². The number of nitrogens with zero attached hydrogens (tertiary/aromatic N) is 5. The standard InChI is InChI=1S/C27H30BrN5O4S/c1-31-10-12-32(13-11-31)23-9-8-21(16-25(23)37-15-5-14-34)27-22-17-26(28)29-18-24(22)33(30-27)38(35,36)19-20-6-3-2-4-7-20/h2-4,6-9,16-18,34H,5,10-15,19H2,1H3. The van der Waals surface area contributed by atoms with Crippen molar-refractivity contribution in [3.63, 3.8) is 0 Å². The van der Waals surface area contributed by atoms with Crippen LogP contribution >= 0.6 is 15.9 Å². The number of aromatic nitrogens is 3. The van der Waals surface area contributed by atoms with Crippen molar-refractivity contribution >= 4 is 42.5 Å². The SMILES string of the molecule is CN1CCN(c2ccc(-c3nn(S(=O)(=O)Cc4ccccc4)c4cnc(Br)cc34)cc2OCCCO)CC1. The summed E-state index contributed by atoms with van der Waals surface area (Å²) in [5, 5.41) is 14.6. The number of benzene rings is 2. The van der Waals surface area contributed by atoms with Crippen molar-refractivity contribution in [3.8, 4) is 17.0 Å². The maximum Gasteiger partial charge on any atom is 0.258 e. The van der Waals surface area contributed by atoms with Gasteiger partial charge in [0.05, 0.1) is 24.2 Å². The van der Waals surface area contributed by atoms with E-state index in [0.29, 0.717) is 45.5 Å². The summed E-state index contributed by atoms with van der Waals surface area (Å²) in [7, 11) is -1.71. The lowest BCUT2D eigenvalue weighted by Crippen LogP contribution is -2.44. The monoisotopic (exact) mass is 599 g/mol. The van der Waals surface area contributed by atoms with E-state index in [1.807, 2.05) is 36.4 Å². The number of rotatable bonds is 9. The number of piperazine rings is 1. The molecule has 1 fully saturated rings. The molecule has 1 saturated heterocycles. The maximum absolute atomic E-state index is 13.5. The topological polar surface area (TPSA) is 101 Å². The summed E-state index contributed by atoms with van der Waals surface area (Å²) < 4.78 is 34.7. The Morgan fingerprint density at radius 3 is 2.55 bits per heavy atom. The highest BCUT2D eigenvalue weighted by Crippen LogP contribution is 2.37. The number of hydrogen-bond acceptors (Lipinski definition) is 8. The Bertz CT molecular complexity index is 1520. The highest BCUT2D eigenvalue weighted by atomic mass is 79.9. The zero-order valence-corrected chi connectivity index (χ0v) is 23.5. The average molecular weight is 601 g/mol. The van der Waals surface area contributed by atoms with Crippen LogP contribution in [0.3, 0.4) is 0 Å². The molecule has 38 heavy (non-hydrogen) atoms. The van der Waals surface area contributed by atoms with Gasteiger partial charge in [0.1, 0.15) is 21.6 Å². The summed E-state index contributed by atoms with van der Waals surface area (Å²) in [6, 6.07) is 16.7. The zero-order chi connectivity index (χ0) is 26.7. The fraction of sp³-hybridized carbons (Fsp3) is 0.333. The van der Waals surface area contributed by atoms with Gasteiger partial charge in [0, 0.05) is 50.2 Å². The molecule has 1 aliphatic rings. The van der Waals surface area contributed by atoms with Gasteiger partial charge >= 0.3 is 0 Å². The second-order valence-electron chi connectivity index (χ2n) is 9.36. The Balaban J connectivity index is 1.58. The minimum absolute atomic E-state index is 0.0406. The van der Waals surface area contributed by atoms with Crippen LogP contribution in [-0.2, 0) is 15.8 Å². The molecule has 3 heterocycles. The first-order chi connectivity index (χ1) is 18.4. The molecule has 9 nitrogen and oxygen atoms in total. The number of ether oxygens (including phenoxy) is 1. The Kier molecular flexibility index (Phi) is 7.98. The van der Waals surface area contributed by atoms with Crippen molar-refractivity contribution in [2.24, 2.45) is 0 Å². The van der Waals surface area contributed by atoms with E-state index in [0.717, 1.165) is 41.5 Å². The first-order valence-corrected chi connectivity index (χ1v) is 14.9. The second kappa shape index (κ2) is 11.4. The van der Waals surface area contributed by atoms with E-state index < -0.39 is 10.0 Å². The van der Waals surface area contributed by atoms with Crippen LogP contribution < -0.4 is 9.64 Å². The molecule has 0 bridgehead atoms. The van der Waals surface area contributed by atoms with Gasteiger partial charge in [0.25, 0.3) is 10.0 Å². The molecule has 0 amide bonds. The summed E-state index contributed by atoms with van der Waals surface area (Å²) in [4.78, 5) is 8.86. The molecular weight excluding hydrogens is 570 g/mol. The van der Waals surface area contributed by atoms with Crippen LogP contribution in [0.25, 0.3) is 22.2 Å². The Morgan fingerprint density at radius 1 is 1.05 bits per heavy atom. The summed E-state index contributed by atoms with van der Waals surface area (Å²) in [5.41, 5.74) is 3.32. The molecular formula is C27H30BrN5O4S.